The van der Waals surface area contributed by atoms with Crippen LogP contribution < -0.4 is 10.1 Å². The van der Waals surface area contributed by atoms with Gasteiger partial charge < -0.3 is 9.64 Å². The largest absolute Gasteiger partial charge is 0.497 e. The molecule has 2 aliphatic heterocycles. The highest BCUT2D eigenvalue weighted by Gasteiger charge is 2.32. The molecule has 0 spiro atoms. The maximum absolute atomic E-state index is 12.4. The third-order valence-electron chi connectivity index (χ3n) is 4.10. The average molecular weight is 329 g/mol. The molecular weight excluding hydrogens is 308 g/mol. The Kier molecular flexibility index (Phi) is 5.79. The number of nitrogens with zero attached hydrogens (tertiary/aromatic N) is 1. The summed E-state index contributed by atoms with van der Waals surface area (Å²) < 4.78 is 5.18. The van der Waals surface area contributed by atoms with Crippen molar-refractivity contribution in [3.05, 3.63) is 29.8 Å². The number of benzene rings is 1. The van der Waals surface area contributed by atoms with E-state index in [2.05, 4.69) is 17.4 Å². The zero-order valence-corrected chi connectivity index (χ0v) is 13.7. The fraction of sp³-hybridized carbons (Fsp3) is 0.533. The lowest BCUT2D eigenvalue weighted by Crippen LogP contribution is -2.43. The molecule has 116 valence electrons. The van der Waals surface area contributed by atoms with E-state index in [1.807, 2.05) is 17.0 Å². The van der Waals surface area contributed by atoms with Gasteiger partial charge in [-0.15, -0.1) is 24.2 Å². The predicted molar refractivity (Wildman–Crippen MR) is 88.4 cm³/mol. The number of rotatable bonds is 3. The summed E-state index contributed by atoms with van der Waals surface area (Å²) in [5, 5.41) is 3.26. The van der Waals surface area contributed by atoms with Gasteiger partial charge in [-0.25, -0.2) is 0 Å². The van der Waals surface area contributed by atoms with Crippen LogP contribution in [0.25, 0.3) is 0 Å². The maximum Gasteiger partial charge on any atom is 0.240 e. The second-order valence-corrected chi connectivity index (χ2v) is 6.35. The third kappa shape index (κ3) is 3.65. The molecule has 1 aromatic carbocycles. The molecule has 2 heterocycles. The first-order chi connectivity index (χ1) is 9.78. The van der Waals surface area contributed by atoms with Crippen molar-refractivity contribution in [2.45, 2.75) is 18.4 Å². The molecule has 2 aliphatic rings. The van der Waals surface area contributed by atoms with Gasteiger partial charge in [0.05, 0.1) is 13.2 Å². The Morgan fingerprint density at radius 3 is 2.76 bits per heavy atom. The number of nitrogens with one attached hydrogen (secondary N) is 1. The van der Waals surface area contributed by atoms with E-state index in [0.29, 0.717) is 5.92 Å². The Balaban J connectivity index is 0.00000161. The van der Waals surface area contributed by atoms with Gasteiger partial charge in [0.25, 0.3) is 0 Å². The van der Waals surface area contributed by atoms with Crippen molar-refractivity contribution in [3.63, 3.8) is 0 Å². The number of thioether (sulfide) groups is 1. The zero-order chi connectivity index (χ0) is 13.9. The minimum atomic E-state index is 0. The second-order valence-electron chi connectivity index (χ2n) is 5.31. The molecule has 21 heavy (non-hydrogen) atoms. The smallest absolute Gasteiger partial charge is 0.240 e. The Morgan fingerprint density at radius 2 is 2.14 bits per heavy atom. The summed E-state index contributed by atoms with van der Waals surface area (Å²) in [6.07, 6.45) is 1.05. The molecule has 2 atom stereocenters. The van der Waals surface area contributed by atoms with Gasteiger partial charge in [0, 0.05) is 30.6 Å². The summed E-state index contributed by atoms with van der Waals surface area (Å²) in [4.78, 5) is 14.4. The fourth-order valence-corrected chi connectivity index (χ4v) is 3.82. The third-order valence-corrected chi connectivity index (χ3v) is 5.04. The van der Waals surface area contributed by atoms with Gasteiger partial charge in [-0.1, -0.05) is 12.1 Å². The summed E-state index contributed by atoms with van der Waals surface area (Å²) in [6, 6.07) is 8.24. The first kappa shape index (κ1) is 16.5. The van der Waals surface area contributed by atoms with Gasteiger partial charge in [0.2, 0.25) is 5.91 Å². The number of likely N-dealkylation sites (tertiary alicyclic amines) is 1. The highest BCUT2D eigenvalue weighted by molar-refractivity contribution is 7.99. The zero-order valence-electron chi connectivity index (χ0n) is 12.1. The topological polar surface area (TPSA) is 41.6 Å². The standard InChI is InChI=1S/C15H20N2O2S.ClH/c1-19-13-4-2-11(3-5-13)12-6-7-17(8-12)15(18)14-9-20-10-16-14;/h2-5,12,14,16H,6-10H2,1H3;1H. The van der Waals surface area contributed by atoms with E-state index in [1.54, 1.807) is 18.9 Å². The normalized spacial score (nSPS) is 24.7. The van der Waals surface area contributed by atoms with Crippen LogP contribution in [0, 0.1) is 0 Å². The number of methoxy groups -OCH3 is 1. The van der Waals surface area contributed by atoms with E-state index in [1.165, 1.54) is 5.56 Å². The van der Waals surface area contributed by atoms with Crippen LogP contribution in [-0.2, 0) is 4.79 Å². The van der Waals surface area contributed by atoms with Crippen molar-refractivity contribution < 1.29 is 9.53 Å². The van der Waals surface area contributed by atoms with Crippen LogP contribution in [0.15, 0.2) is 24.3 Å². The van der Waals surface area contributed by atoms with Crippen LogP contribution in [0.2, 0.25) is 0 Å². The Bertz CT molecular complexity index is 477. The summed E-state index contributed by atoms with van der Waals surface area (Å²) in [5.41, 5.74) is 1.30. The van der Waals surface area contributed by atoms with Gasteiger partial charge in [-0.05, 0) is 24.1 Å². The van der Waals surface area contributed by atoms with Gasteiger partial charge in [-0.2, -0.15) is 0 Å². The molecule has 2 unspecified atom stereocenters. The van der Waals surface area contributed by atoms with Crippen molar-refractivity contribution >= 4 is 30.1 Å². The van der Waals surface area contributed by atoms with Crippen molar-refractivity contribution in [3.8, 4) is 5.75 Å². The van der Waals surface area contributed by atoms with E-state index < -0.39 is 0 Å². The highest BCUT2D eigenvalue weighted by Crippen LogP contribution is 2.29. The number of carbonyl (C=O) groups is 1. The van der Waals surface area contributed by atoms with Crippen molar-refractivity contribution in [2.24, 2.45) is 0 Å². The van der Waals surface area contributed by atoms with Gasteiger partial charge in [0.1, 0.15) is 5.75 Å². The van der Waals surface area contributed by atoms with Crippen molar-refractivity contribution in [1.29, 1.82) is 0 Å². The lowest BCUT2D eigenvalue weighted by Gasteiger charge is -2.20. The Morgan fingerprint density at radius 1 is 1.38 bits per heavy atom. The number of amides is 1. The van der Waals surface area contributed by atoms with Crippen LogP contribution in [-0.4, -0.2) is 48.7 Å². The van der Waals surface area contributed by atoms with E-state index in [-0.39, 0.29) is 24.4 Å². The Labute approximate surface area is 136 Å². The van der Waals surface area contributed by atoms with E-state index in [4.69, 9.17) is 4.74 Å². The lowest BCUT2D eigenvalue weighted by atomic mass is 9.98. The molecule has 0 saturated carbocycles. The van der Waals surface area contributed by atoms with Gasteiger partial charge in [0.15, 0.2) is 0 Å². The van der Waals surface area contributed by atoms with E-state index in [9.17, 15) is 4.79 Å². The second kappa shape index (κ2) is 7.38. The SMILES string of the molecule is COc1ccc(C2CCN(C(=O)C3CSCN3)C2)cc1.Cl. The molecule has 0 bridgehead atoms. The molecule has 3 rings (SSSR count). The quantitative estimate of drug-likeness (QED) is 0.922. The van der Waals surface area contributed by atoms with Crippen LogP contribution in [0.5, 0.6) is 5.75 Å². The predicted octanol–water partition coefficient (Wildman–Crippen LogP) is 2.10. The fourth-order valence-electron chi connectivity index (χ4n) is 2.88. The maximum atomic E-state index is 12.4. The minimum absolute atomic E-state index is 0. The monoisotopic (exact) mass is 328 g/mol. The van der Waals surface area contributed by atoms with Crippen molar-refractivity contribution in [2.75, 3.05) is 31.8 Å². The molecule has 0 radical (unpaired) electrons. The number of hydrogen-bond acceptors (Lipinski definition) is 4. The van der Waals surface area contributed by atoms with Crippen LogP contribution in [0.1, 0.15) is 17.9 Å². The molecule has 2 fully saturated rings. The number of halogens is 1. The molecule has 4 nitrogen and oxygen atoms in total. The summed E-state index contributed by atoms with van der Waals surface area (Å²) >= 11 is 1.80. The lowest BCUT2D eigenvalue weighted by molar-refractivity contribution is -0.131. The average Bonchev–Trinajstić information content (AvgIpc) is 3.18. The summed E-state index contributed by atoms with van der Waals surface area (Å²) in [7, 11) is 1.68. The van der Waals surface area contributed by atoms with Crippen LogP contribution in [0.4, 0.5) is 0 Å². The number of hydrogen-bond donors (Lipinski definition) is 1. The minimum Gasteiger partial charge on any atom is -0.497 e. The molecular formula is C15H21ClN2O2S. The number of carbonyl (C=O) groups excluding carboxylic acids is 1. The van der Waals surface area contributed by atoms with Crippen LogP contribution >= 0.6 is 24.2 Å². The van der Waals surface area contributed by atoms with Crippen molar-refractivity contribution in [1.82, 2.24) is 10.2 Å². The highest BCUT2D eigenvalue weighted by atomic mass is 35.5. The van der Waals surface area contributed by atoms with Gasteiger partial charge in [-0.3, -0.25) is 10.1 Å². The Hall–Kier alpha value is -0.910. The molecule has 2 saturated heterocycles. The van der Waals surface area contributed by atoms with Crippen LogP contribution in [0.3, 0.4) is 0 Å². The van der Waals surface area contributed by atoms with E-state index >= 15 is 0 Å². The number of ether oxygens (including phenoxy) is 1. The molecule has 6 heteroatoms. The molecule has 1 aromatic rings. The van der Waals surface area contributed by atoms with E-state index in [0.717, 1.165) is 36.9 Å². The molecule has 0 aliphatic carbocycles. The first-order valence-electron chi connectivity index (χ1n) is 7.02. The first-order valence-corrected chi connectivity index (χ1v) is 8.17. The molecule has 0 aromatic heterocycles. The molecule has 1 N–H and O–H groups in total. The van der Waals surface area contributed by atoms with Gasteiger partial charge >= 0.3 is 0 Å². The summed E-state index contributed by atoms with van der Waals surface area (Å²) in [6.45, 7) is 1.71. The summed E-state index contributed by atoms with van der Waals surface area (Å²) in [5.74, 6) is 3.41. The molecule has 1 amide bonds.